The van der Waals surface area contributed by atoms with E-state index in [4.69, 9.17) is 4.74 Å². The van der Waals surface area contributed by atoms with E-state index in [0.717, 1.165) is 28.8 Å². The number of carboxylic acids is 1. The summed E-state index contributed by atoms with van der Waals surface area (Å²) in [4.78, 5) is 11.5. The number of carbonyl (C=O) groups is 1. The molecule has 0 saturated carbocycles. The first-order valence-corrected chi connectivity index (χ1v) is 6.67. The second kappa shape index (κ2) is 5.28. The molecule has 0 aliphatic carbocycles. The topological polar surface area (TPSA) is 58.6 Å². The van der Waals surface area contributed by atoms with Crippen molar-refractivity contribution in [1.82, 2.24) is 5.32 Å². The van der Waals surface area contributed by atoms with Crippen LogP contribution in [-0.4, -0.2) is 30.3 Å². The third-order valence-electron chi connectivity index (χ3n) is 3.40. The van der Waals surface area contributed by atoms with Crippen LogP contribution in [0.4, 0.5) is 0 Å². The van der Waals surface area contributed by atoms with Gasteiger partial charge in [0.1, 0.15) is 11.3 Å². The van der Waals surface area contributed by atoms with Crippen molar-refractivity contribution in [2.75, 3.05) is 13.7 Å². The second-order valence-corrected chi connectivity index (χ2v) is 5.41. The van der Waals surface area contributed by atoms with E-state index in [1.54, 1.807) is 7.11 Å². The zero-order valence-electron chi connectivity index (χ0n) is 10.2. The summed E-state index contributed by atoms with van der Waals surface area (Å²) in [6, 6.07) is 5.62. The van der Waals surface area contributed by atoms with Gasteiger partial charge in [0.15, 0.2) is 0 Å². The van der Waals surface area contributed by atoms with Crippen molar-refractivity contribution in [2.45, 2.75) is 24.8 Å². The van der Waals surface area contributed by atoms with Crippen LogP contribution in [0.25, 0.3) is 0 Å². The number of nitrogens with one attached hydrogen (secondary N) is 1. The molecule has 0 bridgehead atoms. The van der Waals surface area contributed by atoms with E-state index in [1.807, 2.05) is 18.2 Å². The van der Waals surface area contributed by atoms with Crippen molar-refractivity contribution < 1.29 is 14.6 Å². The Morgan fingerprint density at radius 2 is 2.39 bits per heavy atom. The summed E-state index contributed by atoms with van der Waals surface area (Å²) in [6.07, 6.45) is 2.01. The zero-order chi connectivity index (χ0) is 13.2. The minimum absolute atomic E-state index is 0.458. The molecule has 98 valence electrons. The Labute approximate surface area is 114 Å². The summed E-state index contributed by atoms with van der Waals surface area (Å²) in [5, 5.41) is 12.6. The second-order valence-electron chi connectivity index (χ2n) is 4.55. The van der Waals surface area contributed by atoms with Crippen molar-refractivity contribution in [3.63, 3.8) is 0 Å². The van der Waals surface area contributed by atoms with Gasteiger partial charge >= 0.3 is 5.97 Å². The lowest BCUT2D eigenvalue weighted by Gasteiger charge is -2.25. The number of rotatable bonds is 4. The fourth-order valence-electron chi connectivity index (χ4n) is 2.35. The normalized spacial score (nSPS) is 23.0. The maximum absolute atomic E-state index is 11.5. The standard InChI is InChI=1S/C13H16BrNO3/c1-18-10-3-4-11(14)9(7-10)8-13(12(16)17)5-2-6-15-13/h3-4,7,15H,2,5-6,8H2,1H3,(H,16,17). The predicted octanol–water partition coefficient (Wildman–Crippen LogP) is 2.21. The molecule has 1 aliphatic rings. The maximum atomic E-state index is 11.5. The van der Waals surface area contributed by atoms with Gasteiger partial charge in [-0.15, -0.1) is 0 Å². The molecule has 2 rings (SSSR count). The fraction of sp³-hybridized carbons (Fsp3) is 0.462. The number of carboxylic acid groups (broad SMARTS) is 1. The first-order chi connectivity index (χ1) is 8.57. The maximum Gasteiger partial charge on any atom is 0.324 e. The molecular weight excluding hydrogens is 298 g/mol. The van der Waals surface area contributed by atoms with Gasteiger partial charge in [0.05, 0.1) is 7.11 Å². The van der Waals surface area contributed by atoms with Crippen LogP contribution in [0.15, 0.2) is 22.7 Å². The average molecular weight is 314 g/mol. The third-order valence-corrected chi connectivity index (χ3v) is 4.17. The van der Waals surface area contributed by atoms with Gasteiger partial charge in [0.2, 0.25) is 0 Å². The van der Waals surface area contributed by atoms with Crippen molar-refractivity contribution >= 4 is 21.9 Å². The molecule has 1 saturated heterocycles. The number of halogens is 1. The Bertz CT molecular complexity index is 456. The molecule has 1 heterocycles. The van der Waals surface area contributed by atoms with Crippen LogP contribution in [0.3, 0.4) is 0 Å². The third kappa shape index (κ3) is 2.52. The Balaban J connectivity index is 2.29. The molecule has 1 fully saturated rings. The molecule has 0 radical (unpaired) electrons. The van der Waals surface area contributed by atoms with Gasteiger partial charge in [-0.2, -0.15) is 0 Å². The molecule has 1 aliphatic heterocycles. The first kappa shape index (κ1) is 13.4. The van der Waals surface area contributed by atoms with Gasteiger partial charge < -0.3 is 15.2 Å². The van der Waals surface area contributed by atoms with Gasteiger partial charge in [-0.3, -0.25) is 4.79 Å². The van der Waals surface area contributed by atoms with Gasteiger partial charge in [0.25, 0.3) is 0 Å². The molecule has 0 spiro atoms. The highest BCUT2D eigenvalue weighted by atomic mass is 79.9. The molecule has 5 heteroatoms. The van der Waals surface area contributed by atoms with Crippen LogP contribution in [0.5, 0.6) is 5.75 Å². The minimum Gasteiger partial charge on any atom is -0.497 e. The summed E-state index contributed by atoms with van der Waals surface area (Å²) in [6.45, 7) is 0.758. The van der Waals surface area contributed by atoms with E-state index in [2.05, 4.69) is 21.2 Å². The summed E-state index contributed by atoms with van der Waals surface area (Å²) >= 11 is 3.46. The Morgan fingerprint density at radius 3 is 2.94 bits per heavy atom. The zero-order valence-corrected chi connectivity index (χ0v) is 11.8. The highest BCUT2D eigenvalue weighted by Crippen LogP contribution is 2.30. The smallest absolute Gasteiger partial charge is 0.324 e. The number of benzene rings is 1. The van der Waals surface area contributed by atoms with Gasteiger partial charge in [-0.1, -0.05) is 15.9 Å². The number of hydrogen-bond acceptors (Lipinski definition) is 3. The van der Waals surface area contributed by atoms with E-state index in [9.17, 15) is 9.90 Å². The Hall–Kier alpha value is -1.07. The molecule has 1 aromatic carbocycles. The van der Waals surface area contributed by atoms with Crippen molar-refractivity contribution in [2.24, 2.45) is 0 Å². The minimum atomic E-state index is -0.838. The average Bonchev–Trinajstić information content (AvgIpc) is 2.82. The monoisotopic (exact) mass is 313 g/mol. The van der Waals surface area contributed by atoms with Crippen molar-refractivity contribution in [3.05, 3.63) is 28.2 Å². The van der Waals surface area contributed by atoms with Crippen molar-refractivity contribution in [1.29, 1.82) is 0 Å². The molecule has 4 nitrogen and oxygen atoms in total. The quantitative estimate of drug-likeness (QED) is 0.894. The molecule has 2 N–H and O–H groups in total. The fourth-order valence-corrected chi connectivity index (χ4v) is 2.74. The van der Waals surface area contributed by atoms with E-state index in [0.29, 0.717) is 12.8 Å². The lowest BCUT2D eigenvalue weighted by molar-refractivity contribution is -0.144. The molecule has 1 unspecified atom stereocenters. The summed E-state index contributed by atoms with van der Waals surface area (Å²) in [7, 11) is 1.60. The summed E-state index contributed by atoms with van der Waals surface area (Å²) in [5.41, 5.74) is 0.112. The molecular formula is C13H16BrNO3. The van der Waals surface area contributed by atoms with E-state index in [-0.39, 0.29) is 0 Å². The molecule has 18 heavy (non-hydrogen) atoms. The first-order valence-electron chi connectivity index (χ1n) is 5.88. The summed E-state index contributed by atoms with van der Waals surface area (Å²) in [5.74, 6) is -0.0403. The highest BCUT2D eigenvalue weighted by Gasteiger charge is 2.41. The van der Waals surface area contributed by atoms with Crippen LogP contribution in [0, 0.1) is 0 Å². The molecule has 1 atom stereocenters. The largest absolute Gasteiger partial charge is 0.497 e. The van der Waals surface area contributed by atoms with E-state index < -0.39 is 11.5 Å². The number of methoxy groups -OCH3 is 1. The lowest BCUT2D eigenvalue weighted by Crippen LogP contribution is -2.49. The number of hydrogen-bond donors (Lipinski definition) is 2. The van der Waals surface area contributed by atoms with Crippen LogP contribution in [0.1, 0.15) is 18.4 Å². The predicted molar refractivity (Wildman–Crippen MR) is 72.0 cm³/mol. The van der Waals surface area contributed by atoms with Gasteiger partial charge in [-0.25, -0.2) is 0 Å². The SMILES string of the molecule is COc1ccc(Br)c(CC2(C(=O)O)CCCN2)c1. The van der Waals surface area contributed by atoms with E-state index in [1.165, 1.54) is 0 Å². The van der Waals surface area contributed by atoms with Crippen LogP contribution < -0.4 is 10.1 Å². The lowest BCUT2D eigenvalue weighted by atomic mass is 9.89. The van der Waals surface area contributed by atoms with Crippen LogP contribution >= 0.6 is 15.9 Å². The van der Waals surface area contributed by atoms with Gasteiger partial charge in [-0.05, 0) is 43.1 Å². The summed E-state index contributed by atoms with van der Waals surface area (Å²) < 4.78 is 6.09. The molecule has 0 aromatic heterocycles. The Kier molecular flexibility index (Phi) is 3.92. The number of ether oxygens (including phenoxy) is 1. The number of aliphatic carboxylic acids is 1. The van der Waals surface area contributed by atoms with Crippen molar-refractivity contribution in [3.8, 4) is 5.75 Å². The van der Waals surface area contributed by atoms with Crippen LogP contribution in [-0.2, 0) is 11.2 Å². The van der Waals surface area contributed by atoms with Gasteiger partial charge in [0, 0.05) is 10.9 Å². The van der Waals surface area contributed by atoms with E-state index >= 15 is 0 Å². The molecule has 1 aromatic rings. The highest BCUT2D eigenvalue weighted by molar-refractivity contribution is 9.10. The molecule has 0 amide bonds. The Morgan fingerprint density at radius 1 is 1.61 bits per heavy atom. The van der Waals surface area contributed by atoms with Crippen LogP contribution in [0.2, 0.25) is 0 Å².